The average molecular weight is 704 g/mol. The van der Waals surface area contributed by atoms with Gasteiger partial charge in [-0.05, 0) is 43.9 Å². The van der Waals surface area contributed by atoms with Crippen molar-refractivity contribution in [1.82, 2.24) is 24.7 Å². The minimum atomic E-state index is -0.562. The van der Waals surface area contributed by atoms with Crippen LogP contribution in [0.15, 0.2) is 30.6 Å². The SMILES string of the molecule is CC(C)N(CCN(C)C(=O)COCCOCCOCCN)CC(C(=O)N1CCN(c2ncnc3c2[C@H](C)C[C@H]3O)CC1)c1ccc(Cl)cc1. The summed E-state index contributed by atoms with van der Waals surface area (Å²) in [5, 5.41) is 11.1. The Morgan fingerprint density at radius 2 is 1.65 bits per heavy atom. The molecule has 2 aromatic rings. The third-order valence-corrected chi connectivity index (χ3v) is 9.52. The largest absolute Gasteiger partial charge is 0.387 e. The van der Waals surface area contributed by atoms with Crippen LogP contribution >= 0.6 is 11.6 Å². The lowest BCUT2D eigenvalue weighted by Gasteiger charge is -2.39. The Hall–Kier alpha value is -2.91. The number of nitrogens with two attached hydrogens (primary N) is 1. The Labute approximate surface area is 295 Å². The maximum atomic E-state index is 14.3. The van der Waals surface area contributed by atoms with Crippen LogP contribution in [0.2, 0.25) is 5.02 Å². The Kier molecular flexibility index (Phi) is 15.5. The molecule has 3 N–H and O–H groups in total. The van der Waals surface area contributed by atoms with Gasteiger partial charge in [-0.2, -0.15) is 0 Å². The van der Waals surface area contributed by atoms with Crippen LogP contribution in [0.1, 0.15) is 62.0 Å². The van der Waals surface area contributed by atoms with E-state index in [1.54, 1.807) is 11.9 Å². The summed E-state index contributed by atoms with van der Waals surface area (Å²) in [4.78, 5) is 44.0. The molecule has 1 unspecified atom stereocenters. The Balaban J connectivity index is 1.32. The van der Waals surface area contributed by atoms with Gasteiger partial charge >= 0.3 is 0 Å². The second-order valence-electron chi connectivity index (χ2n) is 13.0. The van der Waals surface area contributed by atoms with Gasteiger partial charge in [0, 0.05) is 76.0 Å². The lowest BCUT2D eigenvalue weighted by Crippen LogP contribution is -2.52. The van der Waals surface area contributed by atoms with Crippen LogP contribution in [0.3, 0.4) is 0 Å². The molecule has 1 aromatic carbocycles. The lowest BCUT2D eigenvalue weighted by molar-refractivity contribution is -0.136. The maximum absolute atomic E-state index is 14.3. The number of likely N-dealkylation sites (N-methyl/N-ethyl adjacent to an activating group) is 1. The molecule has 2 aliphatic rings. The molecule has 14 heteroatoms. The van der Waals surface area contributed by atoms with Crippen molar-refractivity contribution < 1.29 is 28.9 Å². The number of hydrogen-bond donors (Lipinski definition) is 2. The smallest absolute Gasteiger partial charge is 0.248 e. The van der Waals surface area contributed by atoms with E-state index in [9.17, 15) is 14.7 Å². The fourth-order valence-electron chi connectivity index (χ4n) is 6.33. The van der Waals surface area contributed by atoms with Crippen LogP contribution in [0, 0.1) is 0 Å². The molecule has 0 radical (unpaired) electrons. The van der Waals surface area contributed by atoms with E-state index in [0.29, 0.717) is 96.8 Å². The number of piperazine rings is 1. The molecule has 272 valence electrons. The highest BCUT2D eigenvalue weighted by molar-refractivity contribution is 6.30. The van der Waals surface area contributed by atoms with Gasteiger partial charge in [0.25, 0.3) is 0 Å². The molecule has 2 heterocycles. The monoisotopic (exact) mass is 703 g/mol. The number of halogens is 1. The third kappa shape index (κ3) is 11.0. The van der Waals surface area contributed by atoms with Crippen molar-refractivity contribution in [3.63, 3.8) is 0 Å². The number of benzene rings is 1. The second kappa shape index (κ2) is 19.5. The number of hydrogen-bond acceptors (Lipinski definition) is 11. The van der Waals surface area contributed by atoms with E-state index in [-0.39, 0.29) is 30.4 Å². The van der Waals surface area contributed by atoms with E-state index in [1.807, 2.05) is 29.2 Å². The summed E-state index contributed by atoms with van der Waals surface area (Å²) in [6, 6.07) is 7.66. The standard InChI is InChI=1S/C35H54ClN7O6/c1-25(2)43(11-10-40(4)31(45)23-49-20-19-48-18-17-47-16-9-37)22-29(27-5-7-28(36)8-6-27)35(46)42-14-12-41(13-15-42)34-32-26(3)21-30(44)33(32)38-24-39-34/h5-8,24-26,29-30,44H,9-23,37H2,1-4H3/t26-,29?,30-/m1/s1. The Morgan fingerprint density at radius 1 is 1.00 bits per heavy atom. The molecule has 13 nitrogen and oxygen atoms in total. The van der Waals surface area contributed by atoms with Crippen molar-refractivity contribution in [3.8, 4) is 0 Å². The number of nitrogens with zero attached hydrogens (tertiary/aromatic N) is 6. The number of amides is 2. The van der Waals surface area contributed by atoms with E-state index >= 15 is 0 Å². The fourth-order valence-corrected chi connectivity index (χ4v) is 6.45. The molecule has 1 saturated heterocycles. The fraction of sp³-hybridized carbons (Fsp3) is 0.657. The maximum Gasteiger partial charge on any atom is 0.248 e. The molecular weight excluding hydrogens is 650 g/mol. The minimum Gasteiger partial charge on any atom is -0.387 e. The molecule has 1 aromatic heterocycles. The van der Waals surface area contributed by atoms with Crippen LogP contribution in [0.5, 0.6) is 0 Å². The number of aliphatic hydroxyl groups is 1. The van der Waals surface area contributed by atoms with Gasteiger partial charge in [-0.25, -0.2) is 9.97 Å². The number of carbonyl (C=O) groups is 2. The lowest BCUT2D eigenvalue weighted by atomic mass is 9.95. The average Bonchev–Trinajstić information content (AvgIpc) is 3.40. The topological polar surface area (TPSA) is 147 Å². The zero-order valence-electron chi connectivity index (χ0n) is 29.4. The highest BCUT2D eigenvalue weighted by atomic mass is 35.5. The predicted molar refractivity (Wildman–Crippen MR) is 189 cm³/mol. The van der Waals surface area contributed by atoms with Crippen LogP contribution < -0.4 is 10.6 Å². The van der Waals surface area contributed by atoms with Crippen molar-refractivity contribution in [2.45, 2.75) is 51.2 Å². The molecule has 4 rings (SSSR count). The molecule has 2 amide bonds. The Morgan fingerprint density at radius 3 is 2.31 bits per heavy atom. The summed E-state index contributed by atoms with van der Waals surface area (Å²) >= 11 is 6.23. The van der Waals surface area contributed by atoms with Crippen molar-refractivity contribution in [2.24, 2.45) is 5.73 Å². The number of rotatable bonds is 19. The Bertz CT molecular complexity index is 1330. The van der Waals surface area contributed by atoms with E-state index in [4.69, 9.17) is 31.5 Å². The predicted octanol–water partition coefficient (Wildman–Crippen LogP) is 2.28. The molecule has 1 aliphatic carbocycles. The summed E-state index contributed by atoms with van der Waals surface area (Å²) in [6.07, 6.45) is 1.61. The minimum absolute atomic E-state index is 0.0274. The summed E-state index contributed by atoms with van der Waals surface area (Å²) in [6.45, 7) is 12.9. The third-order valence-electron chi connectivity index (χ3n) is 9.27. The van der Waals surface area contributed by atoms with Crippen molar-refractivity contribution in [3.05, 3.63) is 52.4 Å². The molecule has 0 bridgehead atoms. The van der Waals surface area contributed by atoms with Crippen molar-refractivity contribution in [2.75, 3.05) is 104 Å². The molecule has 0 saturated carbocycles. The first-order chi connectivity index (χ1) is 23.6. The summed E-state index contributed by atoms with van der Waals surface area (Å²) < 4.78 is 16.2. The first-order valence-corrected chi connectivity index (χ1v) is 17.7. The van der Waals surface area contributed by atoms with Crippen LogP contribution in [0.25, 0.3) is 0 Å². The van der Waals surface area contributed by atoms with E-state index in [0.717, 1.165) is 22.6 Å². The first-order valence-electron chi connectivity index (χ1n) is 17.3. The van der Waals surface area contributed by atoms with Gasteiger partial charge in [0.15, 0.2) is 0 Å². The van der Waals surface area contributed by atoms with Gasteiger partial charge in [0.05, 0.1) is 50.8 Å². The summed E-state index contributed by atoms with van der Waals surface area (Å²) in [7, 11) is 1.77. The number of fused-ring (bicyclic) bond motifs is 1. The highest BCUT2D eigenvalue weighted by Crippen LogP contribution is 2.42. The summed E-state index contributed by atoms with van der Waals surface area (Å²) in [5.41, 5.74) is 8.03. The first kappa shape index (κ1) is 38.9. The van der Waals surface area contributed by atoms with Gasteiger partial charge in [0.2, 0.25) is 11.8 Å². The normalized spacial score (nSPS) is 18.3. The molecule has 1 fully saturated rings. The van der Waals surface area contributed by atoms with Crippen LogP contribution in [-0.4, -0.2) is 147 Å². The number of carbonyl (C=O) groups excluding carboxylic acids is 2. The summed E-state index contributed by atoms with van der Waals surface area (Å²) in [5.74, 6) is 0.584. The zero-order chi connectivity index (χ0) is 35.3. The van der Waals surface area contributed by atoms with Crippen LogP contribution in [-0.2, 0) is 23.8 Å². The number of ether oxygens (including phenoxy) is 3. The molecule has 49 heavy (non-hydrogen) atoms. The van der Waals surface area contributed by atoms with Gasteiger partial charge in [-0.3, -0.25) is 14.5 Å². The van der Waals surface area contributed by atoms with Gasteiger partial charge in [0.1, 0.15) is 18.8 Å². The van der Waals surface area contributed by atoms with E-state index in [1.165, 1.54) is 6.33 Å². The second-order valence-corrected chi connectivity index (χ2v) is 13.5. The van der Waals surface area contributed by atoms with Crippen LogP contribution in [0.4, 0.5) is 5.82 Å². The van der Waals surface area contributed by atoms with Crippen molar-refractivity contribution >= 4 is 29.2 Å². The quantitative estimate of drug-likeness (QED) is 0.208. The van der Waals surface area contributed by atoms with Gasteiger partial charge in [-0.1, -0.05) is 30.7 Å². The van der Waals surface area contributed by atoms with E-state index in [2.05, 4.69) is 40.5 Å². The molecular formula is C35H54ClN7O6. The molecule has 3 atom stereocenters. The number of aliphatic hydroxyl groups excluding tert-OH is 1. The van der Waals surface area contributed by atoms with Gasteiger partial charge < -0.3 is 39.8 Å². The van der Waals surface area contributed by atoms with Crippen molar-refractivity contribution in [1.29, 1.82) is 0 Å². The number of anilines is 1. The molecule has 0 spiro atoms. The molecule has 1 aliphatic heterocycles. The number of aromatic nitrogens is 2. The zero-order valence-corrected chi connectivity index (χ0v) is 30.2. The van der Waals surface area contributed by atoms with E-state index < -0.39 is 12.0 Å². The van der Waals surface area contributed by atoms with Gasteiger partial charge in [-0.15, -0.1) is 0 Å². The highest BCUT2D eigenvalue weighted by Gasteiger charge is 2.35.